The molecule has 0 saturated carbocycles. The molecule has 4 nitrogen and oxygen atoms in total. The van der Waals surface area contributed by atoms with E-state index in [-0.39, 0.29) is 12.0 Å². The summed E-state index contributed by atoms with van der Waals surface area (Å²) in [5.41, 5.74) is 2.59. The third-order valence-corrected chi connectivity index (χ3v) is 3.61. The quantitative estimate of drug-likeness (QED) is 0.816. The summed E-state index contributed by atoms with van der Waals surface area (Å²) in [7, 11) is 0. The molecule has 0 bridgehead atoms. The molecule has 0 aliphatic heterocycles. The monoisotopic (exact) mass is 342 g/mol. The van der Waals surface area contributed by atoms with Gasteiger partial charge in [0.2, 0.25) is 0 Å². The fourth-order valence-corrected chi connectivity index (χ4v) is 2.35. The summed E-state index contributed by atoms with van der Waals surface area (Å²) in [5, 5.41) is 6.05. The van der Waals surface area contributed by atoms with Crippen LogP contribution in [0.1, 0.15) is 35.3 Å². The van der Waals surface area contributed by atoms with E-state index in [1.165, 1.54) is 0 Å². The van der Waals surface area contributed by atoms with Gasteiger partial charge in [-0.2, -0.15) is 0 Å². The molecule has 1 amide bonds. The molecule has 2 aromatic carbocycles. The predicted molar refractivity (Wildman–Crippen MR) is 100 cm³/mol. The van der Waals surface area contributed by atoms with E-state index in [9.17, 15) is 4.79 Å². The number of thiocarbonyl (C=S) groups is 1. The van der Waals surface area contributed by atoms with E-state index in [1.807, 2.05) is 63.2 Å². The Bertz CT molecular complexity index is 712. The first-order valence-corrected chi connectivity index (χ1v) is 8.27. The predicted octanol–water partition coefficient (Wildman–Crippen LogP) is 3.59. The minimum atomic E-state index is -0.203. The van der Waals surface area contributed by atoms with E-state index < -0.39 is 0 Å². The molecular weight excluding hydrogens is 320 g/mol. The third kappa shape index (κ3) is 5.35. The molecule has 2 rings (SSSR count). The van der Waals surface area contributed by atoms with Crippen LogP contribution in [-0.4, -0.2) is 17.1 Å². The molecule has 0 unspecified atom stereocenters. The highest BCUT2D eigenvalue weighted by Crippen LogP contribution is 2.13. The van der Waals surface area contributed by atoms with Crippen molar-refractivity contribution in [3.05, 3.63) is 65.2 Å². The molecule has 0 atom stereocenters. The number of carbonyl (C=O) groups is 1. The van der Waals surface area contributed by atoms with E-state index in [1.54, 1.807) is 6.07 Å². The number of hydrogen-bond donors (Lipinski definition) is 2. The first kappa shape index (κ1) is 17.9. The number of nitrogens with one attached hydrogen (secondary N) is 2. The Morgan fingerprint density at radius 3 is 2.42 bits per heavy atom. The van der Waals surface area contributed by atoms with Gasteiger partial charge in [-0.3, -0.25) is 10.1 Å². The molecule has 0 saturated heterocycles. The maximum Gasteiger partial charge on any atom is 0.257 e. The normalized spacial score (nSPS) is 10.3. The van der Waals surface area contributed by atoms with Gasteiger partial charge in [-0.15, -0.1) is 0 Å². The molecule has 2 aromatic rings. The third-order valence-electron chi connectivity index (χ3n) is 3.36. The average Bonchev–Trinajstić information content (AvgIpc) is 2.54. The van der Waals surface area contributed by atoms with Crippen molar-refractivity contribution in [2.24, 2.45) is 0 Å². The van der Waals surface area contributed by atoms with Crippen molar-refractivity contribution in [2.75, 3.05) is 0 Å². The van der Waals surface area contributed by atoms with E-state index in [0.29, 0.717) is 17.2 Å². The fourth-order valence-electron chi connectivity index (χ4n) is 2.18. The van der Waals surface area contributed by atoms with Crippen molar-refractivity contribution in [3.8, 4) is 5.75 Å². The van der Waals surface area contributed by atoms with Crippen LogP contribution in [0.5, 0.6) is 5.75 Å². The maximum atomic E-state index is 12.2. The van der Waals surface area contributed by atoms with E-state index in [4.69, 9.17) is 17.0 Å². The Morgan fingerprint density at radius 1 is 1.12 bits per heavy atom. The Hall–Kier alpha value is -2.40. The van der Waals surface area contributed by atoms with Crippen molar-refractivity contribution in [2.45, 2.75) is 33.4 Å². The lowest BCUT2D eigenvalue weighted by Crippen LogP contribution is -2.39. The first-order chi connectivity index (χ1) is 11.5. The van der Waals surface area contributed by atoms with Gasteiger partial charge in [0.1, 0.15) is 5.75 Å². The Labute approximate surface area is 148 Å². The van der Waals surface area contributed by atoms with Gasteiger partial charge < -0.3 is 10.1 Å². The van der Waals surface area contributed by atoms with Gasteiger partial charge in [0.15, 0.2) is 5.11 Å². The van der Waals surface area contributed by atoms with Gasteiger partial charge in [0, 0.05) is 12.1 Å². The summed E-state index contributed by atoms with van der Waals surface area (Å²) >= 11 is 5.19. The second-order valence-corrected chi connectivity index (χ2v) is 6.17. The molecule has 0 spiro atoms. The first-order valence-electron chi connectivity index (χ1n) is 7.86. The fraction of sp³-hybridized carbons (Fsp3) is 0.263. The minimum Gasteiger partial charge on any atom is -0.491 e. The molecule has 24 heavy (non-hydrogen) atoms. The average molecular weight is 342 g/mol. The summed E-state index contributed by atoms with van der Waals surface area (Å²) < 4.78 is 5.60. The zero-order valence-corrected chi connectivity index (χ0v) is 14.9. The van der Waals surface area contributed by atoms with Crippen LogP contribution in [0.25, 0.3) is 0 Å². The van der Waals surface area contributed by atoms with Gasteiger partial charge >= 0.3 is 0 Å². The van der Waals surface area contributed by atoms with Crippen LogP contribution < -0.4 is 15.4 Å². The lowest BCUT2D eigenvalue weighted by atomic mass is 10.1. The van der Waals surface area contributed by atoms with Crippen molar-refractivity contribution in [3.63, 3.8) is 0 Å². The molecule has 2 N–H and O–H groups in total. The van der Waals surface area contributed by atoms with Crippen LogP contribution in [0.4, 0.5) is 0 Å². The SMILES string of the molecule is Cc1ccccc1C(=O)NC(=S)NCc1ccc(OC(C)C)cc1. The smallest absolute Gasteiger partial charge is 0.257 e. The molecule has 126 valence electrons. The van der Waals surface area contributed by atoms with Crippen molar-refractivity contribution in [1.82, 2.24) is 10.6 Å². The zero-order chi connectivity index (χ0) is 17.5. The van der Waals surface area contributed by atoms with Gasteiger partial charge in [-0.25, -0.2) is 0 Å². The van der Waals surface area contributed by atoms with Crippen LogP contribution in [0, 0.1) is 6.92 Å². The summed E-state index contributed by atoms with van der Waals surface area (Å²) in [6.07, 6.45) is 0.151. The summed E-state index contributed by atoms with van der Waals surface area (Å²) in [4.78, 5) is 12.2. The summed E-state index contributed by atoms with van der Waals surface area (Å²) in [5.74, 6) is 0.635. The number of hydrogen-bond acceptors (Lipinski definition) is 3. The zero-order valence-electron chi connectivity index (χ0n) is 14.1. The van der Waals surface area contributed by atoms with Crippen LogP contribution in [0.3, 0.4) is 0 Å². The van der Waals surface area contributed by atoms with Crippen LogP contribution >= 0.6 is 12.2 Å². The lowest BCUT2D eigenvalue weighted by Gasteiger charge is -2.12. The highest BCUT2D eigenvalue weighted by Gasteiger charge is 2.09. The van der Waals surface area contributed by atoms with Gasteiger partial charge in [0.25, 0.3) is 5.91 Å². The minimum absolute atomic E-state index is 0.151. The molecule has 0 aliphatic rings. The highest BCUT2D eigenvalue weighted by atomic mass is 32.1. The van der Waals surface area contributed by atoms with Crippen molar-refractivity contribution < 1.29 is 9.53 Å². The molecule has 0 aromatic heterocycles. The number of benzene rings is 2. The number of rotatable bonds is 5. The van der Waals surface area contributed by atoms with E-state index in [2.05, 4.69) is 10.6 Å². The van der Waals surface area contributed by atoms with Gasteiger partial charge in [0.05, 0.1) is 6.10 Å². The number of amides is 1. The lowest BCUT2D eigenvalue weighted by molar-refractivity contribution is 0.0976. The number of aryl methyl sites for hydroxylation is 1. The second-order valence-electron chi connectivity index (χ2n) is 5.76. The molecule has 0 heterocycles. The largest absolute Gasteiger partial charge is 0.491 e. The Kier molecular flexibility index (Phi) is 6.32. The van der Waals surface area contributed by atoms with Gasteiger partial charge in [-0.1, -0.05) is 30.3 Å². The molecule has 0 radical (unpaired) electrons. The van der Waals surface area contributed by atoms with Crippen LogP contribution in [0.2, 0.25) is 0 Å². The maximum absolute atomic E-state index is 12.2. The van der Waals surface area contributed by atoms with Crippen LogP contribution in [0.15, 0.2) is 48.5 Å². The summed E-state index contributed by atoms with van der Waals surface area (Å²) in [6, 6.07) is 15.2. The molecular formula is C19H22N2O2S. The standard InChI is InChI=1S/C19H22N2O2S/c1-13(2)23-16-10-8-15(9-11-16)12-20-19(24)21-18(22)17-7-5-4-6-14(17)3/h4-11,13H,12H2,1-3H3,(H2,20,21,22,24). The van der Waals surface area contributed by atoms with E-state index >= 15 is 0 Å². The van der Waals surface area contributed by atoms with Gasteiger partial charge in [-0.05, 0) is 62.3 Å². The Balaban J connectivity index is 1.85. The number of ether oxygens (including phenoxy) is 1. The van der Waals surface area contributed by atoms with Crippen molar-refractivity contribution in [1.29, 1.82) is 0 Å². The molecule has 5 heteroatoms. The molecule has 0 aliphatic carbocycles. The second kappa shape index (κ2) is 8.45. The highest BCUT2D eigenvalue weighted by molar-refractivity contribution is 7.80. The summed E-state index contributed by atoms with van der Waals surface area (Å²) in [6.45, 7) is 6.41. The van der Waals surface area contributed by atoms with Crippen LogP contribution in [-0.2, 0) is 6.54 Å². The Morgan fingerprint density at radius 2 is 1.79 bits per heavy atom. The van der Waals surface area contributed by atoms with E-state index in [0.717, 1.165) is 16.9 Å². The van der Waals surface area contributed by atoms with Crippen molar-refractivity contribution >= 4 is 23.2 Å². The number of carbonyl (C=O) groups excluding carboxylic acids is 1. The molecule has 0 fully saturated rings. The topological polar surface area (TPSA) is 50.4 Å².